The number of aromatic nitrogens is 1. The van der Waals surface area contributed by atoms with Crippen LogP contribution >= 0.6 is 22.7 Å². The molecule has 5 rings (SSSR count). The Labute approximate surface area is 196 Å². The Morgan fingerprint density at radius 1 is 1.15 bits per heavy atom. The third kappa shape index (κ3) is 3.65. The topological polar surface area (TPSA) is 100.0 Å². The maximum Gasteiger partial charge on any atom is 0.296 e. The molecule has 0 spiro atoms. The molecule has 1 aliphatic rings. The first-order chi connectivity index (χ1) is 16.0. The number of aliphatic hydroxyl groups is 1. The van der Waals surface area contributed by atoms with Crippen molar-refractivity contribution in [3.05, 3.63) is 81.8 Å². The summed E-state index contributed by atoms with van der Waals surface area (Å²) < 4.78 is 6.37. The molecule has 2 N–H and O–H groups in total. The summed E-state index contributed by atoms with van der Waals surface area (Å²) >= 11 is 2.51. The molecule has 0 fully saturated rings. The fourth-order valence-electron chi connectivity index (χ4n) is 3.80. The second-order valence-electron chi connectivity index (χ2n) is 7.30. The number of nitrogens with zero attached hydrogens (tertiary/aromatic N) is 2. The van der Waals surface area contributed by atoms with Gasteiger partial charge in [0, 0.05) is 0 Å². The number of aromatic hydroxyl groups is 1. The molecule has 2 aromatic carbocycles. The highest BCUT2D eigenvalue weighted by Crippen LogP contribution is 2.45. The number of fused-ring (bicyclic) bond motifs is 1. The van der Waals surface area contributed by atoms with Crippen LogP contribution in [0.4, 0.5) is 5.13 Å². The van der Waals surface area contributed by atoms with Crippen LogP contribution in [0.3, 0.4) is 0 Å². The highest BCUT2D eigenvalue weighted by Gasteiger charge is 2.46. The zero-order valence-electron chi connectivity index (χ0n) is 17.4. The smallest absolute Gasteiger partial charge is 0.296 e. The van der Waals surface area contributed by atoms with Gasteiger partial charge in [-0.25, -0.2) is 4.98 Å². The Morgan fingerprint density at radius 2 is 1.94 bits per heavy atom. The van der Waals surface area contributed by atoms with Gasteiger partial charge in [0.05, 0.1) is 33.3 Å². The number of carbonyl (C=O) groups is 2. The maximum absolute atomic E-state index is 13.3. The lowest BCUT2D eigenvalue weighted by Gasteiger charge is -2.24. The number of hydrogen-bond donors (Lipinski definition) is 2. The number of thiophene rings is 1. The molecule has 1 atom stereocenters. The normalized spacial score (nSPS) is 16.1. The van der Waals surface area contributed by atoms with E-state index in [1.807, 2.05) is 13.0 Å². The summed E-state index contributed by atoms with van der Waals surface area (Å²) in [7, 11) is 0. The SMILES string of the molecule is CCOc1ccc2nc(N3C(=O)C(O)=C(C(=O)c4cccs4)C3c3ccc(O)cc3)sc2c1. The molecule has 0 aliphatic carbocycles. The van der Waals surface area contributed by atoms with Gasteiger partial charge in [0.2, 0.25) is 5.78 Å². The fourth-order valence-corrected chi connectivity index (χ4v) is 5.50. The van der Waals surface area contributed by atoms with E-state index < -0.39 is 23.5 Å². The minimum absolute atomic E-state index is 0.0117. The number of hydrogen-bond acceptors (Lipinski definition) is 8. The van der Waals surface area contributed by atoms with Crippen molar-refractivity contribution >= 4 is 49.7 Å². The molecular formula is C24H18N2O5S2. The van der Waals surface area contributed by atoms with Gasteiger partial charge >= 0.3 is 0 Å². The van der Waals surface area contributed by atoms with Gasteiger partial charge in [-0.2, -0.15) is 0 Å². The van der Waals surface area contributed by atoms with E-state index in [4.69, 9.17) is 4.74 Å². The predicted molar refractivity (Wildman–Crippen MR) is 127 cm³/mol. The number of phenolic OH excluding ortho intramolecular Hbond substituents is 1. The molecule has 9 heteroatoms. The van der Waals surface area contributed by atoms with Gasteiger partial charge in [-0.1, -0.05) is 29.5 Å². The van der Waals surface area contributed by atoms with E-state index >= 15 is 0 Å². The summed E-state index contributed by atoms with van der Waals surface area (Å²) in [5.74, 6) is -0.969. The second kappa shape index (κ2) is 8.34. The van der Waals surface area contributed by atoms with Gasteiger partial charge in [0.15, 0.2) is 10.9 Å². The Morgan fingerprint density at radius 3 is 2.64 bits per heavy atom. The molecule has 1 amide bonds. The van der Waals surface area contributed by atoms with Gasteiger partial charge in [-0.3, -0.25) is 14.5 Å². The van der Waals surface area contributed by atoms with E-state index in [1.165, 1.54) is 39.7 Å². The standard InChI is InChI=1S/C24H18N2O5S2/c1-2-31-15-9-10-16-18(12-15)33-24(25-16)26-20(13-5-7-14(27)8-6-13)19(22(29)23(26)30)21(28)17-4-3-11-32-17/h3-12,20,27,29H,2H2,1H3. The maximum atomic E-state index is 13.3. The average molecular weight is 479 g/mol. The van der Waals surface area contributed by atoms with Crippen molar-refractivity contribution in [1.29, 1.82) is 0 Å². The molecule has 1 unspecified atom stereocenters. The number of ketones is 1. The number of phenols is 1. The number of rotatable bonds is 6. The zero-order valence-corrected chi connectivity index (χ0v) is 19.0. The minimum Gasteiger partial charge on any atom is -0.508 e. The number of aliphatic hydroxyl groups excluding tert-OH is 1. The van der Waals surface area contributed by atoms with Crippen molar-refractivity contribution in [3.8, 4) is 11.5 Å². The Balaban J connectivity index is 1.64. The van der Waals surface area contributed by atoms with Crippen molar-refractivity contribution in [3.63, 3.8) is 0 Å². The lowest BCUT2D eigenvalue weighted by molar-refractivity contribution is -0.117. The van der Waals surface area contributed by atoms with Crippen LogP contribution in [-0.4, -0.2) is 33.5 Å². The van der Waals surface area contributed by atoms with Crippen LogP contribution in [0.15, 0.2) is 71.3 Å². The van der Waals surface area contributed by atoms with Crippen LogP contribution < -0.4 is 9.64 Å². The Hall–Kier alpha value is -3.69. The van der Waals surface area contributed by atoms with Gasteiger partial charge < -0.3 is 14.9 Å². The van der Waals surface area contributed by atoms with E-state index in [1.54, 1.807) is 41.8 Å². The van der Waals surface area contributed by atoms with E-state index in [0.29, 0.717) is 33.4 Å². The minimum atomic E-state index is -0.889. The number of benzene rings is 2. The summed E-state index contributed by atoms with van der Waals surface area (Å²) in [5, 5.41) is 22.7. The van der Waals surface area contributed by atoms with E-state index in [-0.39, 0.29) is 11.3 Å². The van der Waals surface area contributed by atoms with Crippen LogP contribution in [0.5, 0.6) is 11.5 Å². The summed E-state index contributed by atoms with van der Waals surface area (Å²) in [4.78, 5) is 32.9. The molecule has 0 radical (unpaired) electrons. The van der Waals surface area contributed by atoms with Crippen LogP contribution in [0, 0.1) is 0 Å². The first-order valence-electron chi connectivity index (χ1n) is 10.1. The third-order valence-electron chi connectivity index (χ3n) is 5.27. The zero-order chi connectivity index (χ0) is 23.1. The Kier molecular flexibility index (Phi) is 5.35. The molecular weight excluding hydrogens is 460 g/mol. The quantitative estimate of drug-likeness (QED) is 0.368. The van der Waals surface area contributed by atoms with Gasteiger partial charge in [-0.15, -0.1) is 11.3 Å². The highest BCUT2D eigenvalue weighted by atomic mass is 32.1. The number of Topliss-reactive ketones (excluding diaryl/α,β-unsaturated/α-hetero) is 1. The van der Waals surface area contributed by atoms with Gasteiger partial charge in [-0.05, 0) is 54.3 Å². The first kappa shape index (κ1) is 21.2. The molecule has 3 heterocycles. The molecule has 166 valence electrons. The number of thiazole rings is 1. The molecule has 4 aromatic rings. The number of anilines is 1. The van der Waals surface area contributed by atoms with Crippen LogP contribution in [0.1, 0.15) is 28.2 Å². The number of ether oxygens (including phenoxy) is 1. The lowest BCUT2D eigenvalue weighted by Crippen LogP contribution is -2.30. The summed E-state index contributed by atoms with van der Waals surface area (Å²) in [6.45, 7) is 2.42. The number of amides is 1. The van der Waals surface area contributed by atoms with E-state index in [0.717, 1.165) is 4.70 Å². The van der Waals surface area contributed by atoms with E-state index in [2.05, 4.69) is 4.98 Å². The highest BCUT2D eigenvalue weighted by molar-refractivity contribution is 7.22. The van der Waals surface area contributed by atoms with E-state index in [9.17, 15) is 19.8 Å². The van der Waals surface area contributed by atoms with Crippen LogP contribution in [0.2, 0.25) is 0 Å². The van der Waals surface area contributed by atoms with Crippen molar-refractivity contribution in [2.45, 2.75) is 13.0 Å². The molecule has 0 bridgehead atoms. The second-order valence-corrected chi connectivity index (χ2v) is 9.25. The third-order valence-corrected chi connectivity index (χ3v) is 7.16. The van der Waals surface area contributed by atoms with Crippen molar-refractivity contribution < 1.29 is 24.5 Å². The predicted octanol–water partition coefficient (Wildman–Crippen LogP) is 5.25. The van der Waals surface area contributed by atoms with Crippen molar-refractivity contribution in [1.82, 2.24) is 4.98 Å². The molecule has 1 aliphatic heterocycles. The Bertz CT molecular complexity index is 1390. The molecule has 7 nitrogen and oxygen atoms in total. The van der Waals surface area contributed by atoms with Crippen LogP contribution in [-0.2, 0) is 4.79 Å². The fraction of sp³-hybridized carbons (Fsp3) is 0.125. The molecule has 2 aromatic heterocycles. The van der Waals surface area contributed by atoms with Crippen molar-refractivity contribution in [2.24, 2.45) is 0 Å². The lowest BCUT2D eigenvalue weighted by atomic mass is 9.95. The summed E-state index contributed by atoms with van der Waals surface area (Å²) in [6, 6.07) is 14.2. The molecule has 0 saturated heterocycles. The van der Waals surface area contributed by atoms with Crippen LogP contribution in [0.25, 0.3) is 10.2 Å². The monoisotopic (exact) mass is 478 g/mol. The van der Waals surface area contributed by atoms with Crippen molar-refractivity contribution in [2.75, 3.05) is 11.5 Å². The summed E-state index contributed by atoms with van der Waals surface area (Å²) in [6.07, 6.45) is 0. The largest absolute Gasteiger partial charge is 0.508 e. The molecule has 33 heavy (non-hydrogen) atoms. The molecule has 0 saturated carbocycles. The van der Waals surface area contributed by atoms with Gasteiger partial charge in [0.25, 0.3) is 5.91 Å². The van der Waals surface area contributed by atoms with Gasteiger partial charge in [0.1, 0.15) is 11.5 Å². The summed E-state index contributed by atoms with van der Waals surface area (Å²) in [5.41, 5.74) is 1.23. The average Bonchev–Trinajstić information content (AvgIpc) is 3.53. The number of carbonyl (C=O) groups excluding carboxylic acids is 2. The first-order valence-corrected chi connectivity index (χ1v) is 11.8.